The molecule has 4 fully saturated rings. The van der Waals surface area contributed by atoms with Gasteiger partial charge in [0, 0.05) is 0 Å². The predicted octanol–water partition coefficient (Wildman–Crippen LogP) is 4.46. The molecular formula is C23H34O3. The Labute approximate surface area is 157 Å². The standard InChI is InChI=1S/C23H34O3/c1-13-6-7-15-18-16(9-11-22(13,15)4)23(5)10-8-14(24)12-17(23)19-20(18)26-21(2,3)25-19/h8,10,14-20,24H,1,6-7,9,11-12H2,2-5H3/t14-,15?,16?,17?,18?,19+,20+,22+,23+/m0/s1. The Hall–Kier alpha value is -0.640. The van der Waals surface area contributed by atoms with Crippen molar-refractivity contribution in [1.82, 2.24) is 0 Å². The average Bonchev–Trinajstić information content (AvgIpc) is 3.05. The van der Waals surface area contributed by atoms with E-state index >= 15 is 0 Å². The molecule has 3 saturated carbocycles. The van der Waals surface area contributed by atoms with Crippen LogP contribution in [-0.2, 0) is 9.47 Å². The van der Waals surface area contributed by atoms with Gasteiger partial charge < -0.3 is 14.6 Å². The number of hydrogen-bond donors (Lipinski definition) is 1. The summed E-state index contributed by atoms with van der Waals surface area (Å²) in [6.45, 7) is 13.4. The molecule has 4 aliphatic carbocycles. The monoisotopic (exact) mass is 358 g/mol. The predicted molar refractivity (Wildman–Crippen MR) is 101 cm³/mol. The Balaban J connectivity index is 1.62. The first kappa shape index (κ1) is 17.5. The molecule has 0 spiro atoms. The van der Waals surface area contributed by atoms with Crippen molar-refractivity contribution >= 4 is 0 Å². The first-order valence-electron chi connectivity index (χ1n) is 10.6. The van der Waals surface area contributed by atoms with Gasteiger partial charge in [-0.1, -0.05) is 38.2 Å². The van der Waals surface area contributed by atoms with Gasteiger partial charge >= 0.3 is 0 Å². The number of aliphatic hydroxyl groups is 1. The van der Waals surface area contributed by atoms with Crippen LogP contribution >= 0.6 is 0 Å². The molecule has 3 heteroatoms. The van der Waals surface area contributed by atoms with Crippen LogP contribution in [-0.4, -0.2) is 29.2 Å². The normalized spacial score (nSPS) is 57.3. The van der Waals surface area contributed by atoms with Crippen molar-refractivity contribution in [3.05, 3.63) is 24.3 Å². The van der Waals surface area contributed by atoms with Crippen LogP contribution in [0.15, 0.2) is 24.3 Å². The van der Waals surface area contributed by atoms with Crippen LogP contribution in [0.3, 0.4) is 0 Å². The maximum absolute atomic E-state index is 10.3. The van der Waals surface area contributed by atoms with Gasteiger partial charge in [-0.15, -0.1) is 0 Å². The van der Waals surface area contributed by atoms with E-state index in [0.29, 0.717) is 23.7 Å². The summed E-state index contributed by atoms with van der Waals surface area (Å²) >= 11 is 0. The molecule has 1 heterocycles. The summed E-state index contributed by atoms with van der Waals surface area (Å²) in [7, 11) is 0. The van der Waals surface area contributed by atoms with Gasteiger partial charge in [-0.05, 0) is 80.5 Å². The van der Waals surface area contributed by atoms with Crippen LogP contribution in [0.1, 0.15) is 59.8 Å². The highest BCUT2D eigenvalue weighted by Crippen LogP contribution is 2.68. The number of rotatable bonds is 0. The van der Waals surface area contributed by atoms with Crippen LogP contribution in [0.2, 0.25) is 0 Å². The second-order valence-electron chi connectivity index (χ2n) is 10.6. The molecule has 26 heavy (non-hydrogen) atoms. The molecule has 5 rings (SSSR count). The Kier molecular flexibility index (Phi) is 3.52. The number of ether oxygens (including phenoxy) is 2. The number of aliphatic hydroxyl groups excluding tert-OH is 1. The van der Waals surface area contributed by atoms with Crippen molar-refractivity contribution in [2.24, 2.45) is 34.5 Å². The molecule has 0 aromatic rings. The first-order chi connectivity index (χ1) is 12.2. The van der Waals surface area contributed by atoms with Crippen LogP contribution in [0.5, 0.6) is 0 Å². The van der Waals surface area contributed by atoms with Gasteiger partial charge in [0.1, 0.15) is 0 Å². The van der Waals surface area contributed by atoms with E-state index in [1.807, 2.05) is 6.08 Å². The number of hydrogen-bond acceptors (Lipinski definition) is 3. The largest absolute Gasteiger partial charge is 0.389 e. The third kappa shape index (κ3) is 2.11. The van der Waals surface area contributed by atoms with Crippen LogP contribution < -0.4 is 0 Å². The summed E-state index contributed by atoms with van der Waals surface area (Å²) in [5, 5.41) is 10.3. The molecule has 4 unspecified atom stereocenters. The molecule has 3 nitrogen and oxygen atoms in total. The highest BCUT2D eigenvalue weighted by molar-refractivity contribution is 5.26. The van der Waals surface area contributed by atoms with Crippen molar-refractivity contribution in [1.29, 1.82) is 0 Å². The summed E-state index contributed by atoms with van der Waals surface area (Å²) in [6.07, 6.45) is 9.96. The Morgan fingerprint density at radius 2 is 1.77 bits per heavy atom. The molecule has 1 N–H and O–H groups in total. The summed E-state index contributed by atoms with van der Waals surface area (Å²) in [6, 6.07) is 0. The SMILES string of the molecule is C=C1CCC2C3C(CC[C@]12C)[C@@]1(C)C=C[C@H](O)CC1[C@H]1OC(C)(C)O[C@H]31. The van der Waals surface area contributed by atoms with Crippen molar-refractivity contribution in [2.75, 3.05) is 0 Å². The van der Waals surface area contributed by atoms with Gasteiger partial charge in [0.05, 0.1) is 18.3 Å². The van der Waals surface area contributed by atoms with Gasteiger partial charge in [-0.25, -0.2) is 0 Å². The molecule has 0 aromatic heterocycles. The van der Waals surface area contributed by atoms with Crippen LogP contribution in [0.25, 0.3) is 0 Å². The second-order valence-corrected chi connectivity index (χ2v) is 10.6. The number of fused-ring (bicyclic) bond motifs is 8. The lowest BCUT2D eigenvalue weighted by Gasteiger charge is -2.61. The van der Waals surface area contributed by atoms with Crippen molar-refractivity contribution < 1.29 is 14.6 Å². The topological polar surface area (TPSA) is 38.7 Å². The Bertz CT molecular complexity index is 666. The summed E-state index contributed by atoms with van der Waals surface area (Å²) in [5.74, 6) is 1.60. The van der Waals surface area contributed by atoms with E-state index in [0.717, 1.165) is 6.42 Å². The van der Waals surface area contributed by atoms with E-state index in [4.69, 9.17) is 9.47 Å². The van der Waals surface area contributed by atoms with Crippen molar-refractivity contribution in [3.8, 4) is 0 Å². The lowest BCUT2D eigenvalue weighted by Crippen LogP contribution is -2.62. The fraction of sp³-hybridized carbons (Fsp3) is 0.826. The second kappa shape index (κ2) is 5.24. The van der Waals surface area contributed by atoms with Gasteiger partial charge in [-0.2, -0.15) is 0 Å². The minimum Gasteiger partial charge on any atom is -0.389 e. The van der Waals surface area contributed by atoms with E-state index < -0.39 is 5.79 Å². The van der Waals surface area contributed by atoms with Crippen molar-refractivity contribution in [3.63, 3.8) is 0 Å². The molecule has 1 saturated heterocycles. The zero-order chi connectivity index (χ0) is 18.5. The highest BCUT2D eigenvalue weighted by atomic mass is 16.8. The Morgan fingerprint density at radius 1 is 1.04 bits per heavy atom. The molecule has 0 bridgehead atoms. The van der Waals surface area contributed by atoms with Gasteiger partial charge in [0.2, 0.25) is 0 Å². The zero-order valence-electron chi connectivity index (χ0n) is 16.7. The van der Waals surface area contributed by atoms with E-state index in [1.165, 1.54) is 31.3 Å². The molecule has 9 atom stereocenters. The van der Waals surface area contributed by atoms with E-state index in [2.05, 4.69) is 40.3 Å². The summed E-state index contributed by atoms with van der Waals surface area (Å²) in [4.78, 5) is 0. The zero-order valence-corrected chi connectivity index (χ0v) is 16.7. The first-order valence-corrected chi connectivity index (χ1v) is 10.6. The van der Waals surface area contributed by atoms with E-state index in [1.54, 1.807) is 0 Å². The minimum atomic E-state index is -0.527. The lowest BCUT2D eigenvalue weighted by molar-refractivity contribution is -0.158. The minimum absolute atomic E-state index is 0.0899. The molecule has 5 aliphatic rings. The van der Waals surface area contributed by atoms with Gasteiger partial charge in [0.25, 0.3) is 0 Å². The molecule has 1 aliphatic heterocycles. The fourth-order valence-electron chi connectivity index (χ4n) is 7.63. The third-order valence-electron chi connectivity index (χ3n) is 9.00. The highest BCUT2D eigenvalue weighted by Gasteiger charge is 2.67. The smallest absolute Gasteiger partial charge is 0.163 e. The summed E-state index contributed by atoms with van der Waals surface area (Å²) in [5.41, 5.74) is 1.82. The van der Waals surface area contributed by atoms with Gasteiger partial charge in [-0.3, -0.25) is 0 Å². The van der Waals surface area contributed by atoms with Crippen LogP contribution in [0.4, 0.5) is 0 Å². The average molecular weight is 359 g/mol. The Morgan fingerprint density at radius 3 is 2.54 bits per heavy atom. The summed E-state index contributed by atoms with van der Waals surface area (Å²) < 4.78 is 13.1. The number of allylic oxidation sites excluding steroid dienone is 2. The van der Waals surface area contributed by atoms with E-state index in [9.17, 15) is 5.11 Å². The van der Waals surface area contributed by atoms with E-state index in [-0.39, 0.29) is 29.1 Å². The maximum atomic E-state index is 10.3. The van der Waals surface area contributed by atoms with Crippen LogP contribution in [0, 0.1) is 34.5 Å². The van der Waals surface area contributed by atoms with Gasteiger partial charge in [0.15, 0.2) is 5.79 Å². The fourth-order valence-corrected chi connectivity index (χ4v) is 7.63. The molecule has 144 valence electrons. The molecular weight excluding hydrogens is 324 g/mol. The maximum Gasteiger partial charge on any atom is 0.163 e. The molecule has 0 aromatic carbocycles. The molecule has 0 radical (unpaired) electrons. The molecule has 0 amide bonds. The lowest BCUT2D eigenvalue weighted by atomic mass is 9.45. The van der Waals surface area contributed by atoms with Crippen molar-refractivity contribution in [2.45, 2.75) is 83.9 Å². The quantitative estimate of drug-likeness (QED) is 0.650. The third-order valence-corrected chi connectivity index (χ3v) is 9.00.